The van der Waals surface area contributed by atoms with Crippen molar-refractivity contribution in [3.63, 3.8) is 0 Å². The number of carbonyl (C=O) groups is 2. The molecule has 45 heavy (non-hydrogen) atoms. The summed E-state index contributed by atoms with van der Waals surface area (Å²) in [5.41, 5.74) is 2.91. The summed E-state index contributed by atoms with van der Waals surface area (Å²) in [6.45, 7) is 8.69. The second-order valence-electron chi connectivity index (χ2n) is 11.7. The van der Waals surface area contributed by atoms with E-state index in [1.807, 2.05) is 13.0 Å². The number of fused-ring (bicyclic) bond motifs is 1. The van der Waals surface area contributed by atoms with Gasteiger partial charge in [-0.2, -0.15) is 18.3 Å². The Kier molecular flexibility index (Phi) is 8.61. The molecule has 0 bridgehead atoms. The lowest BCUT2D eigenvalue weighted by atomic mass is 9.98. The van der Waals surface area contributed by atoms with Gasteiger partial charge in [-0.1, -0.05) is 19.9 Å². The Morgan fingerprint density at radius 1 is 0.933 bits per heavy atom. The molecule has 2 aromatic carbocycles. The van der Waals surface area contributed by atoms with Crippen LogP contribution in [-0.4, -0.2) is 68.9 Å². The highest BCUT2D eigenvalue weighted by atomic mass is 19.4. The van der Waals surface area contributed by atoms with Crippen LogP contribution in [-0.2, 0) is 23.9 Å². The van der Waals surface area contributed by atoms with Crippen LogP contribution >= 0.6 is 0 Å². The Morgan fingerprint density at radius 2 is 1.69 bits per heavy atom. The van der Waals surface area contributed by atoms with Gasteiger partial charge in [0.15, 0.2) is 11.5 Å². The summed E-state index contributed by atoms with van der Waals surface area (Å²) in [4.78, 5) is 34.5. The van der Waals surface area contributed by atoms with Crippen molar-refractivity contribution in [2.45, 2.75) is 45.8 Å². The molecule has 2 fully saturated rings. The number of aryl methyl sites for hydroxylation is 1. The number of hydrogen-bond donors (Lipinski definition) is 2. The summed E-state index contributed by atoms with van der Waals surface area (Å²) in [5, 5.41) is 10.2. The first-order valence-electron chi connectivity index (χ1n) is 15.4. The molecule has 0 radical (unpaired) electrons. The van der Waals surface area contributed by atoms with Gasteiger partial charge in [0.2, 0.25) is 5.91 Å². The summed E-state index contributed by atoms with van der Waals surface area (Å²) in [7, 11) is 0. The Morgan fingerprint density at radius 3 is 2.38 bits per heavy atom. The lowest BCUT2D eigenvalue weighted by molar-refractivity contribution is -0.137. The number of alkyl halides is 3. The molecule has 6 rings (SSSR count). The van der Waals surface area contributed by atoms with E-state index in [1.54, 1.807) is 41.0 Å². The molecule has 2 aliphatic rings. The standard InChI is InChI=1S/C33H36F3N7O2/c1-3-22-5-8-24(17-27(22)28-9-10-30-38-29(20-43(30)40-28)39-31(44)23-6-7-23)32(45)37-26-16-21(15-25(18-26)33(34,35)36)19-42-13-11-41(4-2)12-14-42/h5,8-10,15-18,20,23H,3-4,6-7,11-14,19H2,1-2H3,(H,37,45)(H,39,44). The van der Waals surface area contributed by atoms with Crippen molar-refractivity contribution < 1.29 is 22.8 Å². The minimum Gasteiger partial charge on any atom is -0.322 e. The normalized spacial score (nSPS) is 16.2. The van der Waals surface area contributed by atoms with Crippen LogP contribution in [0.1, 0.15) is 53.7 Å². The molecule has 0 unspecified atom stereocenters. The van der Waals surface area contributed by atoms with Gasteiger partial charge in [-0.05, 0) is 79.4 Å². The number of amides is 2. The number of hydrogen-bond acceptors (Lipinski definition) is 6. The van der Waals surface area contributed by atoms with Crippen molar-refractivity contribution in [2.24, 2.45) is 5.92 Å². The summed E-state index contributed by atoms with van der Waals surface area (Å²) >= 11 is 0. The quantitative estimate of drug-likeness (QED) is 0.249. The molecule has 4 aromatic rings. The minimum absolute atomic E-state index is 0.0450. The lowest BCUT2D eigenvalue weighted by Gasteiger charge is -2.34. The lowest BCUT2D eigenvalue weighted by Crippen LogP contribution is -2.45. The van der Waals surface area contributed by atoms with E-state index in [4.69, 9.17) is 0 Å². The van der Waals surface area contributed by atoms with Crippen molar-refractivity contribution in [3.8, 4) is 11.3 Å². The highest BCUT2D eigenvalue weighted by Gasteiger charge is 2.32. The second kappa shape index (κ2) is 12.6. The fourth-order valence-corrected chi connectivity index (χ4v) is 5.67. The Hall–Kier alpha value is -4.29. The molecule has 1 saturated carbocycles. The third kappa shape index (κ3) is 7.18. The van der Waals surface area contributed by atoms with E-state index in [9.17, 15) is 22.8 Å². The van der Waals surface area contributed by atoms with E-state index in [0.29, 0.717) is 41.3 Å². The molecule has 1 aliphatic heterocycles. The van der Waals surface area contributed by atoms with E-state index in [0.717, 1.165) is 68.8 Å². The van der Waals surface area contributed by atoms with Gasteiger partial charge in [0.1, 0.15) is 0 Å². The molecule has 0 spiro atoms. The molecule has 1 saturated heterocycles. The van der Waals surface area contributed by atoms with E-state index in [-0.39, 0.29) is 17.5 Å². The molecule has 2 aromatic heterocycles. The fraction of sp³-hybridized carbons (Fsp3) is 0.394. The number of halogens is 3. The Labute approximate surface area is 259 Å². The predicted octanol–water partition coefficient (Wildman–Crippen LogP) is 5.72. The van der Waals surface area contributed by atoms with Crippen LogP contribution in [0.15, 0.2) is 54.7 Å². The molecule has 2 amide bonds. The largest absolute Gasteiger partial charge is 0.416 e. The summed E-state index contributed by atoms with van der Waals surface area (Å²) in [6, 6.07) is 12.5. The van der Waals surface area contributed by atoms with Crippen LogP contribution in [0.2, 0.25) is 0 Å². The van der Waals surface area contributed by atoms with Crippen LogP contribution < -0.4 is 10.6 Å². The van der Waals surface area contributed by atoms with Crippen LogP contribution in [0.5, 0.6) is 0 Å². The van der Waals surface area contributed by atoms with Crippen LogP contribution in [0.25, 0.3) is 16.9 Å². The van der Waals surface area contributed by atoms with E-state index in [2.05, 4.69) is 37.4 Å². The fourth-order valence-electron chi connectivity index (χ4n) is 5.67. The minimum atomic E-state index is -4.55. The van der Waals surface area contributed by atoms with Crippen molar-refractivity contribution in [3.05, 3.63) is 77.0 Å². The van der Waals surface area contributed by atoms with Gasteiger partial charge >= 0.3 is 6.18 Å². The number of imidazole rings is 1. The van der Waals surface area contributed by atoms with Gasteiger partial charge in [0.05, 0.1) is 17.5 Å². The zero-order chi connectivity index (χ0) is 31.7. The van der Waals surface area contributed by atoms with Gasteiger partial charge in [0, 0.05) is 55.5 Å². The van der Waals surface area contributed by atoms with Gasteiger partial charge in [-0.25, -0.2) is 9.50 Å². The topological polar surface area (TPSA) is 94.9 Å². The molecule has 9 nitrogen and oxygen atoms in total. The number of likely N-dealkylation sites (N-methyl/N-ethyl adjacent to an activating group) is 1. The number of anilines is 2. The first-order chi connectivity index (χ1) is 21.6. The average molecular weight is 620 g/mol. The number of nitrogens with zero attached hydrogens (tertiary/aromatic N) is 5. The van der Waals surface area contributed by atoms with E-state index >= 15 is 0 Å². The summed E-state index contributed by atoms with van der Waals surface area (Å²) in [6.07, 6.45) is -0.457. The smallest absolute Gasteiger partial charge is 0.322 e. The van der Waals surface area contributed by atoms with Crippen LogP contribution in [0.3, 0.4) is 0 Å². The van der Waals surface area contributed by atoms with E-state index < -0.39 is 17.6 Å². The molecule has 2 N–H and O–H groups in total. The Balaban J connectivity index is 1.23. The SMILES string of the molecule is CCc1ccc(C(=O)Nc2cc(CN3CCN(CC)CC3)cc(C(F)(F)F)c2)cc1-c1ccc2nc(NC(=O)C3CC3)cn2n1. The van der Waals surface area contributed by atoms with E-state index in [1.165, 1.54) is 0 Å². The maximum absolute atomic E-state index is 13.9. The predicted molar refractivity (Wildman–Crippen MR) is 166 cm³/mol. The number of aromatic nitrogens is 3. The zero-order valence-corrected chi connectivity index (χ0v) is 25.3. The number of benzene rings is 2. The monoisotopic (exact) mass is 619 g/mol. The van der Waals surface area contributed by atoms with Crippen molar-refractivity contribution in [1.82, 2.24) is 24.4 Å². The number of piperazine rings is 1. The number of nitrogens with one attached hydrogen (secondary N) is 2. The molecule has 0 atom stereocenters. The highest BCUT2D eigenvalue weighted by molar-refractivity contribution is 6.05. The van der Waals surface area contributed by atoms with Gasteiger partial charge in [-0.15, -0.1) is 0 Å². The zero-order valence-electron chi connectivity index (χ0n) is 25.3. The summed E-state index contributed by atoms with van der Waals surface area (Å²) in [5.74, 6) is -0.101. The van der Waals surface area contributed by atoms with Crippen LogP contribution in [0, 0.1) is 5.92 Å². The molecule has 12 heteroatoms. The average Bonchev–Trinajstić information content (AvgIpc) is 3.80. The molecule has 236 valence electrons. The molecule has 1 aliphatic carbocycles. The molecular formula is C33H36F3N7O2. The van der Waals surface area contributed by atoms with Crippen molar-refractivity contribution in [1.29, 1.82) is 0 Å². The van der Waals surface area contributed by atoms with Gasteiger partial charge in [-0.3, -0.25) is 14.5 Å². The van der Waals surface area contributed by atoms with Gasteiger partial charge < -0.3 is 15.5 Å². The van der Waals surface area contributed by atoms with Gasteiger partial charge in [0.25, 0.3) is 5.91 Å². The number of carbonyl (C=O) groups excluding carboxylic acids is 2. The first kappa shape index (κ1) is 30.7. The third-order valence-electron chi connectivity index (χ3n) is 8.44. The van der Waals surface area contributed by atoms with Crippen molar-refractivity contribution >= 4 is 29.0 Å². The maximum Gasteiger partial charge on any atom is 0.416 e. The molecule has 3 heterocycles. The highest BCUT2D eigenvalue weighted by Crippen LogP contribution is 2.33. The van der Waals surface area contributed by atoms with Crippen molar-refractivity contribution in [2.75, 3.05) is 43.4 Å². The molecular weight excluding hydrogens is 583 g/mol. The third-order valence-corrected chi connectivity index (χ3v) is 8.44. The summed E-state index contributed by atoms with van der Waals surface area (Å²) < 4.78 is 43.1. The number of rotatable bonds is 9. The maximum atomic E-state index is 13.9. The first-order valence-corrected chi connectivity index (χ1v) is 15.4. The van der Waals surface area contributed by atoms with Crippen LogP contribution in [0.4, 0.5) is 24.7 Å². The second-order valence-corrected chi connectivity index (χ2v) is 11.7. The Bertz CT molecular complexity index is 1720.